The van der Waals surface area contributed by atoms with Crippen LogP contribution >= 0.6 is 0 Å². The molecule has 1 rings (SSSR count). The van der Waals surface area contributed by atoms with Crippen molar-refractivity contribution in [2.75, 3.05) is 6.54 Å². The number of carbonyl (C=O) groups is 2. The highest BCUT2D eigenvalue weighted by atomic mass is 16.4. The molecule has 86 valence electrons. The number of H-pyrrole nitrogens is 1. The van der Waals surface area contributed by atoms with Gasteiger partial charge in [-0.25, -0.2) is 0 Å². The topological polar surface area (TPSA) is 99.3 Å². The number of hydrogen-bond donors (Lipinski definition) is 3. The first-order valence-electron chi connectivity index (χ1n) is 4.78. The van der Waals surface area contributed by atoms with Gasteiger partial charge in [-0.2, -0.15) is 0 Å². The van der Waals surface area contributed by atoms with Crippen LogP contribution in [0.1, 0.15) is 23.2 Å². The number of aliphatic carboxylic acids is 1. The molecule has 6 heteroatoms. The predicted molar refractivity (Wildman–Crippen MR) is 56.3 cm³/mol. The van der Waals surface area contributed by atoms with Crippen LogP contribution in [0, 0.1) is 0 Å². The van der Waals surface area contributed by atoms with Gasteiger partial charge in [0.2, 0.25) is 5.56 Å². The zero-order valence-electron chi connectivity index (χ0n) is 8.53. The summed E-state index contributed by atoms with van der Waals surface area (Å²) >= 11 is 0. The fourth-order valence-corrected chi connectivity index (χ4v) is 1.13. The number of nitrogens with one attached hydrogen (secondary N) is 2. The van der Waals surface area contributed by atoms with Crippen molar-refractivity contribution in [3.8, 4) is 0 Å². The number of carboxylic acid groups (broad SMARTS) is 1. The van der Waals surface area contributed by atoms with Crippen molar-refractivity contribution in [1.29, 1.82) is 0 Å². The molecule has 0 unspecified atom stereocenters. The van der Waals surface area contributed by atoms with Gasteiger partial charge in [0, 0.05) is 30.8 Å². The highest BCUT2D eigenvalue weighted by Crippen LogP contribution is 1.93. The van der Waals surface area contributed by atoms with E-state index in [1.54, 1.807) is 0 Å². The summed E-state index contributed by atoms with van der Waals surface area (Å²) < 4.78 is 0. The maximum atomic E-state index is 11.4. The Hall–Kier alpha value is -2.11. The molecule has 0 radical (unpaired) electrons. The summed E-state index contributed by atoms with van der Waals surface area (Å²) in [5.74, 6) is -1.28. The normalized spacial score (nSPS) is 9.75. The van der Waals surface area contributed by atoms with Gasteiger partial charge in [-0.1, -0.05) is 0 Å². The average molecular weight is 224 g/mol. The summed E-state index contributed by atoms with van der Waals surface area (Å²) in [7, 11) is 0. The highest BCUT2D eigenvalue weighted by molar-refractivity contribution is 5.93. The monoisotopic (exact) mass is 224 g/mol. The van der Waals surface area contributed by atoms with Crippen molar-refractivity contribution in [1.82, 2.24) is 10.3 Å². The van der Waals surface area contributed by atoms with Gasteiger partial charge in [-0.05, 0) is 12.5 Å². The number of pyridine rings is 1. The van der Waals surface area contributed by atoms with Gasteiger partial charge >= 0.3 is 5.97 Å². The molecular weight excluding hydrogens is 212 g/mol. The zero-order valence-corrected chi connectivity index (χ0v) is 8.53. The fourth-order valence-electron chi connectivity index (χ4n) is 1.13. The molecule has 3 N–H and O–H groups in total. The molecule has 0 aliphatic rings. The van der Waals surface area contributed by atoms with E-state index in [0.717, 1.165) is 0 Å². The number of aromatic nitrogens is 1. The number of hydrogen-bond acceptors (Lipinski definition) is 3. The molecule has 1 aromatic heterocycles. The average Bonchev–Trinajstić information content (AvgIpc) is 2.24. The number of rotatable bonds is 5. The molecule has 0 aliphatic heterocycles. The minimum absolute atomic E-state index is 0.00958. The third-order valence-corrected chi connectivity index (χ3v) is 1.89. The largest absolute Gasteiger partial charge is 0.481 e. The van der Waals surface area contributed by atoms with Gasteiger partial charge < -0.3 is 15.4 Å². The first-order chi connectivity index (χ1) is 7.59. The molecule has 0 aromatic carbocycles. The van der Waals surface area contributed by atoms with Gasteiger partial charge in [0.25, 0.3) is 5.91 Å². The van der Waals surface area contributed by atoms with Crippen molar-refractivity contribution in [3.05, 3.63) is 34.2 Å². The SMILES string of the molecule is O=C(O)CCCNC(=O)c1cc[nH]c(=O)c1. The molecule has 1 heterocycles. The Bertz CT molecular complexity index is 438. The first-order valence-corrected chi connectivity index (χ1v) is 4.78. The molecule has 0 bridgehead atoms. The molecule has 1 aromatic rings. The van der Waals surface area contributed by atoms with Crippen molar-refractivity contribution in [2.24, 2.45) is 0 Å². The highest BCUT2D eigenvalue weighted by Gasteiger charge is 2.05. The van der Waals surface area contributed by atoms with Gasteiger partial charge in [0.1, 0.15) is 0 Å². The summed E-state index contributed by atoms with van der Waals surface area (Å²) in [5, 5.41) is 10.9. The Morgan fingerprint density at radius 1 is 1.44 bits per heavy atom. The fraction of sp³-hybridized carbons (Fsp3) is 0.300. The predicted octanol–water partition coefficient (Wildman–Crippen LogP) is -0.0305. The van der Waals surface area contributed by atoms with Crippen LogP contribution in [0.15, 0.2) is 23.1 Å². The Kier molecular flexibility index (Phi) is 4.26. The Morgan fingerprint density at radius 2 is 2.19 bits per heavy atom. The second kappa shape index (κ2) is 5.69. The number of amides is 1. The van der Waals surface area contributed by atoms with Gasteiger partial charge in [-0.15, -0.1) is 0 Å². The Balaban J connectivity index is 2.41. The van der Waals surface area contributed by atoms with Crippen LogP contribution in [-0.2, 0) is 4.79 Å². The van der Waals surface area contributed by atoms with E-state index < -0.39 is 5.97 Å². The van der Waals surface area contributed by atoms with E-state index in [4.69, 9.17) is 5.11 Å². The second-order valence-electron chi connectivity index (χ2n) is 3.19. The van der Waals surface area contributed by atoms with E-state index in [2.05, 4.69) is 10.3 Å². The smallest absolute Gasteiger partial charge is 0.303 e. The van der Waals surface area contributed by atoms with Gasteiger partial charge in [-0.3, -0.25) is 14.4 Å². The zero-order chi connectivity index (χ0) is 12.0. The van der Waals surface area contributed by atoms with Crippen LogP contribution in [0.25, 0.3) is 0 Å². The standard InChI is InChI=1S/C10H12N2O4/c13-8-6-7(3-5-11-8)10(16)12-4-1-2-9(14)15/h3,5-6H,1-2,4H2,(H,11,13)(H,12,16)(H,14,15). The maximum absolute atomic E-state index is 11.4. The lowest BCUT2D eigenvalue weighted by molar-refractivity contribution is -0.137. The third kappa shape index (κ3) is 3.95. The van der Waals surface area contributed by atoms with E-state index in [0.29, 0.717) is 6.42 Å². The Morgan fingerprint density at radius 3 is 2.81 bits per heavy atom. The van der Waals surface area contributed by atoms with Crippen LogP contribution in [0.3, 0.4) is 0 Å². The molecular formula is C10H12N2O4. The van der Waals surface area contributed by atoms with Crippen LogP contribution in [0.2, 0.25) is 0 Å². The lowest BCUT2D eigenvalue weighted by atomic mass is 10.2. The van der Waals surface area contributed by atoms with E-state index in [9.17, 15) is 14.4 Å². The molecule has 0 saturated heterocycles. The molecule has 0 spiro atoms. The summed E-state index contributed by atoms with van der Waals surface area (Å²) in [4.78, 5) is 34.9. The summed E-state index contributed by atoms with van der Waals surface area (Å²) in [6.45, 7) is 0.276. The van der Waals surface area contributed by atoms with Crippen molar-refractivity contribution in [2.45, 2.75) is 12.8 Å². The van der Waals surface area contributed by atoms with Crippen molar-refractivity contribution >= 4 is 11.9 Å². The number of aromatic amines is 1. The molecule has 6 nitrogen and oxygen atoms in total. The minimum Gasteiger partial charge on any atom is -0.481 e. The van der Waals surface area contributed by atoms with E-state index in [1.807, 2.05) is 0 Å². The molecule has 0 fully saturated rings. The number of carbonyl (C=O) groups excluding carboxylic acids is 1. The Labute approximate surface area is 91.3 Å². The molecule has 1 amide bonds. The minimum atomic E-state index is -0.898. The van der Waals surface area contributed by atoms with Crippen LogP contribution in [-0.4, -0.2) is 28.5 Å². The molecule has 0 saturated carbocycles. The van der Waals surface area contributed by atoms with Crippen molar-refractivity contribution < 1.29 is 14.7 Å². The van der Waals surface area contributed by atoms with E-state index in [1.165, 1.54) is 18.3 Å². The second-order valence-corrected chi connectivity index (χ2v) is 3.19. The summed E-state index contributed by atoms with van der Waals surface area (Å²) in [5.41, 5.74) is -0.0859. The quantitative estimate of drug-likeness (QED) is 0.611. The summed E-state index contributed by atoms with van der Waals surface area (Å²) in [6, 6.07) is 2.67. The molecule has 0 atom stereocenters. The van der Waals surface area contributed by atoms with E-state index in [-0.39, 0.29) is 30.0 Å². The van der Waals surface area contributed by atoms with Gasteiger partial charge in [0.15, 0.2) is 0 Å². The van der Waals surface area contributed by atoms with Crippen LogP contribution < -0.4 is 10.9 Å². The maximum Gasteiger partial charge on any atom is 0.303 e. The van der Waals surface area contributed by atoms with Gasteiger partial charge in [0.05, 0.1) is 0 Å². The summed E-state index contributed by atoms with van der Waals surface area (Å²) in [6.07, 6.45) is 1.76. The first kappa shape index (κ1) is 12.0. The lowest BCUT2D eigenvalue weighted by Crippen LogP contribution is -2.26. The number of carboxylic acids is 1. The molecule has 0 aliphatic carbocycles. The van der Waals surface area contributed by atoms with E-state index >= 15 is 0 Å². The van der Waals surface area contributed by atoms with Crippen LogP contribution in [0.5, 0.6) is 0 Å². The lowest BCUT2D eigenvalue weighted by Gasteiger charge is -2.03. The van der Waals surface area contributed by atoms with Crippen LogP contribution in [0.4, 0.5) is 0 Å². The third-order valence-electron chi connectivity index (χ3n) is 1.89. The van der Waals surface area contributed by atoms with Crippen molar-refractivity contribution in [3.63, 3.8) is 0 Å². The molecule has 16 heavy (non-hydrogen) atoms.